The van der Waals surface area contributed by atoms with Crippen molar-refractivity contribution in [2.24, 2.45) is 0 Å². The van der Waals surface area contributed by atoms with Crippen LogP contribution in [0.2, 0.25) is 0 Å². The molecule has 0 atom stereocenters. The minimum absolute atomic E-state index is 0.256. The van der Waals surface area contributed by atoms with Gasteiger partial charge in [-0.3, -0.25) is 0 Å². The summed E-state index contributed by atoms with van der Waals surface area (Å²) in [7, 11) is 0. The lowest BCUT2D eigenvalue weighted by atomic mass is 10.0. The monoisotopic (exact) mass is 214 g/mol. The first-order chi connectivity index (χ1) is 7.74. The van der Waals surface area contributed by atoms with E-state index < -0.39 is 0 Å². The summed E-state index contributed by atoms with van der Waals surface area (Å²) >= 11 is 0. The van der Waals surface area contributed by atoms with Crippen LogP contribution in [0.25, 0.3) is 21.5 Å². The molecule has 0 aliphatic carbocycles. The lowest BCUT2D eigenvalue weighted by Gasteiger charge is -2.03. The zero-order chi connectivity index (χ0) is 11.1. The van der Waals surface area contributed by atoms with E-state index in [0.29, 0.717) is 0 Å². The first kappa shape index (κ1) is 9.28. The average molecular weight is 214 g/mol. The minimum Gasteiger partial charge on any atom is -0.207 e. The highest BCUT2D eigenvalue weighted by molar-refractivity contribution is 6.07. The maximum absolute atomic E-state index is 13.0. The molecule has 0 N–H and O–H groups in total. The number of rotatable bonds is 0. The summed E-state index contributed by atoms with van der Waals surface area (Å²) in [4.78, 5) is 0. The van der Waals surface area contributed by atoms with E-state index in [0.717, 1.165) is 21.5 Å². The van der Waals surface area contributed by atoms with Gasteiger partial charge in [0.1, 0.15) is 11.6 Å². The van der Waals surface area contributed by atoms with Crippen molar-refractivity contribution in [3.8, 4) is 0 Å². The number of fused-ring (bicyclic) bond motifs is 3. The zero-order valence-corrected chi connectivity index (χ0v) is 8.37. The molecule has 0 bridgehead atoms. The van der Waals surface area contributed by atoms with Crippen molar-refractivity contribution in [2.75, 3.05) is 0 Å². The number of halogens is 2. The molecule has 0 saturated heterocycles. The molecule has 3 rings (SSSR count). The Morgan fingerprint density at radius 1 is 0.562 bits per heavy atom. The topological polar surface area (TPSA) is 0 Å². The third kappa shape index (κ3) is 1.34. The SMILES string of the molecule is Fc1ccc2c(ccc3cc(F)ccc32)c1. The van der Waals surface area contributed by atoms with E-state index >= 15 is 0 Å². The molecule has 0 unspecified atom stereocenters. The fraction of sp³-hybridized carbons (Fsp3) is 0. The Balaban J connectivity index is 2.50. The van der Waals surface area contributed by atoms with Crippen LogP contribution in [0, 0.1) is 11.6 Å². The molecule has 2 heteroatoms. The Bertz CT molecular complexity index is 626. The first-order valence-corrected chi connectivity index (χ1v) is 5.01. The first-order valence-electron chi connectivity index (χ1n) is 5.01. The standard InChI is InChI=1S/C14H8F2/c15-11-3-5-13-9(7-11)1-2-10-8-12(16)4-6-14(10)13/h1-8H. The van der Waals surface area contributed by atoms with Gasteiger partial charge < -0.3 is 0 Å². The molecule has 0 spiro atoms. The van der Waals surface area contributed by atoms with Crippen molar-refractivity contribution in [1.82, 2.24) is 0 Å². The third-order valence-corrected chi connectivity index (χ3v) is 2.76. The second kappa shape index (κ2) is 3.27. The molecule has 16 heavy (non-hydrogen) atoms. The normalized spacial score (nSPS) is 11.1. The van der Waals surface area contributed by atoms with Gasteiger partial charge in [0, 0.05) is 0 Å². The van der Waals surface area contributed by atoms with Crippen molar-refractivity contribution in [3.05, 3.63) is 60.2 Å². The molecular weight excluding hydrogens is 206 g/mol. The Morgan fingerprint density at radius 3 is 1.44 bits per heavy atom. The third-order valence-electron chi connectivity index (χ3n) is 2.76. The van der Waals surface area contributed by atoms with Crippen LogP contribution >= 0.6 is 0 Å². The predicted octanol–water partition coefficient (Wildman–Crippen LogP) is 4.27. The Kier molecular flexibility index (Phi) is 1.90. The molecule has 3 aromatic rings. The summed E-state index contributed by atoms with van der Waals surface area (Å²) in [5.41, 5.74) is 0. The van der Waals surface area contributed by atoms with Crippen LogP contribution in [0.1, 0.15) is 0 Å². The summed E-state index contributed by atoms with van der Waals surface area (Å²) in [6.45, 7) is 0. The zero-order valence-electron chi connectivity index (χ0n) is 8.37. The molecule has 78 valence electrons. The van der Waals surface area contributed by atoms with Crippen molar-refractivity contribution >= 4 is 21.5 Å². The molecule has 0 amide bonds. The highest BCUT2D eigenvalue weighted by Crippen LogP contribution is 2.26. The van der Waals surface area contributed by atoms with Crippen LogP contribution in [0.5, 0.6) is 0 Å². The highest BCUT2D eigenvalue weighted by atomic mass is 19.1. The second-order valence-corrected chi connectivity index (χ2v) is 3.80. The summed E-state index contributed by atoms with van der Waals surface area (Å²) in [6, 6.07) is 12.9. The molecule has 0 radical (unpaired) electrons. The number of benzene rings is 3. The molecule has 0 aliphatic heterocycles. The lowest BCUT2D eigenvalue weighted by Crippen LogP contribution is -1.81. The van der Waals surface area contributed by atoms with Crippen molar-refractivity contribution < 1.29 is 8.78 Å². The maximum Gasteiger partial charge on any atom is 0.123 e. The Labute approximate surface area is 91.1 Å². The quantitative estimate of drug-likeness (QED) is 0.490. The van der Waals surface area contributed by atoms with Crippen LogP contribution < -0.4 is 0 Å². The van der Waals surface area contributed by atoms with Gasteiger partial charge in [0.05, 0.1) is 0 Å². The van der Waals surface area contributed by atoms with E-state index in [4.69, 9.17) is 0 Å². The van der Waals surface area contributed by atoms with E-state index in [1.54, 1.807) is 24.3 Å². The molecule has 3 aromatic carbocycles. The average Bonchev–Trinajstić information content (AvgIpc) is 2.28. The van der Waals surface area contributed by atoms with Crippen LogP contribution in [0.3, 0.4) is 0 Å². The lowest BCUT2D eigenvalue weighted by molar-refractivity contribution is 0.629. The van der Waals surface area contributed by atoms with E-state index in [9.17, 15) is 8.78 Å². The predicted molar refractivity (Wildman–Crippen MR) is 61.4 cm³/mol. The summed E-state index contributed by atoms with van der Waals surface area (Å²) in [5, 5.41) is 3.55. The van der Waals surface area contributed by atoms with Gasteiger partial charge in [-0.15, -0.1) is 0 Å². The van der Waals surface area contributed by atoms with Crippen LogP contribution in [0.4, 0.5) is 8.78 Å². The second-order valence-electron chi connectivity index (χ2n) is 3.80. The van der Waals surface area contributed by atoms with Crippen molar-refractivity contribution in [2.45, 2.75) is 0 Å². The van der Waals surface area contributed by atoms with Gasteiger partial charge in [-0.05, 0) is 45.8 Å². The Morgan fingerprint density at radius 2 is 1.00 bits per heavy atom. The van der Waals surface area contributed by atoms with Gasteiger partial charge in [0.15, 0.2) is 0 Å². The van der Waals surface area contributed by atoms with Crippen molar-refractivity contribution in [1.29, 1.82) is 0 Å². The largest absolute Gasteiger partial charge is 0.207 e. The molecular formula is C14H8F2. The van der Waals surface area contributed by atoms with Crippen LogP contribution in [-0.2, 0) is 0 Å². The van der Waals surface area contributed by atoms with Crippen LogP contribution in [0.15, 0.2) is 48.5 Å². The fourth-order valence-electron chi connectivity index (χ4n) is 2.01. The molecule has 0 aliphatic rings. The van der Waals surface area contributed by atoms with E-state index in [1.807, 2.05) is 0 Å². The van der Waals surface area contributed by atoms with Gasteiger partial charge in [-0.2, -0.15) is 0 Å². The summed E-state index contributed by atoms with van der Waals surface area (Å²) in [6.07, 6.45) is 0. The van der Waals surface area contributed by atoms with Crippen molar-refractivity contribution in [3.63, 3.8) is 0 Å². The summed E-state index contributed by atoms with van der Waals surface area (Å²) in [5.74, 6) is -0.511. The van der Waals surface area contributed by atoms with Crippen LogP contribution in [-0.4, -0.2) is 0 Å². The molecule has 0 heterocycles. The number of hydrogen-bond acceptors (Lipinski definition) is 0. The minimum atomic E-state index is -0.256. The van der Waals surface area contributed by atoms with Gasteiger partial charge in [-0.1, -0.05) is 24.3 Å². The molecule has 0 aromatic heterocycles. The molecule has 0 fully saturated rings. The van der Waals surface area contributed by atoms with E-state index in [2.05, 4.69) is 0 Å². The van der Waals surface area contributed by atoms with E-state index in [1.165, 1.54) is 24.3 Å². The maximum atomic E-state index is 13.0. The van der Waals surface area contributed by atoms with E-state index in [-0.39, 0.29) is 11.6 Å². The smallest absolute Gasteiger partial charge is 0.123 e. The molecule has 0 nitrogen and oxygen atoms in total. The van der Waals surface area contributed by atoms with Gasteiger partial charge in [0.2, 0.25) is 0 Å². The number of hydrogen-bond donors (Lipinski definition) is 0. The highest BCUT2D eigenvalue weighted by Gasteiger charge is 2.02. The fourth-order valence-corrected chi connectivity index (χ4v) is 2.01. The Hall–Kier alpha value is -1.96. The van der Waals surface area contributed by atoms with Gasteiger partial charge >= 0.3 is 0 Å². The summed E-state index contributed by atoms with van der Waals surface area (Å²) < 4.78 is 26.1. The van der Waals surface area contributed by atoms with Gasteiger partial charge in [0.25, 0.3) is 0 Å². The van der Waals surface area contributed by atoms with Gasteiger partial charge in [-0.25, -0.2) is 8.78 Å². The molecule has 0 saturated carbocycles.